The zero-order valence-corrected chi connectivity index (χ0v) is 8.79. The highest BCUT2D eigenvalue weighted by Gasteiger charge is 2.57. The van der Waals surface area contributed by atoms with Crippen LogP contribution in [0.3, 0.4) is 0 Å². The highest BCUT2D eigenvalue weighted by molar-refractivity contribution is 5.80. The van der Waals surface area contributed by atoms with Crippen LogP contribution in [0.15, 0.2) is 0 Å². The van der Waals surface area contributed by atoms with Crippen LogP contribution in [0.2, 0.25) is 0 Å². The Morgan fingerprint density at radius 2 is 2.00 bits per heavy atom. The van der Waals surface area contributed by atoms with Gasteiger partial charge in [0.05, 0.1) is 12.5 Å². The van der Waals surface area contributed by atoms with Crippen LogP contribution in [0.1, 0.15) is 38.5 Å². The number of rotatable bonds is 3. The van der Waals surface area contributed by atoms with E-state index >= 15 is 0 Å². The second-order valence-electron chi connectivity index (χ2n) is 4.72. The van der Waals surface area contributed by atoms with Crippen molar-refractivity contribution in [1.29, 1.82) is 0 Å². The Bertz CT molecular complexity index is 229. The van der Waals surface area contributed by atoms with Gasteiger partial charge < -0.3 is 10.5 Å². The zero-order chi connectivity index (χ0) is 10.2. The number of hydrogen-bond donors (Lipinski definition) is 1. The Morgan fingerprint density at radius 1 is 1.43 bits per heavy atom. The first-order chi connectivity index (χ1) is 6.70. The maximum atomic E-state index is 11.6. The lowest BCUT2D eigenvalue weighted by atomic mass is 9.85. The molecule has 2 aliphatic carbocycles. The van der Waals surface area contributed by atoms with Gasteiger partial charge in [0.15, 0.2) is 0 Å². The smallest absolute Gasteiger partial charge is 0.313 e. The lowest BCUT2D eigenvalue weighted by Crippen LogP contribution is -2.43. The van der Waals surface area contributed by atoms with Gasteiger partial charge in [0.25, 0.3) is 0 Å². The van der Waals surface area contributed by atoms with Crippen LogP contribution in [0.4, 0.5) is 0 Å². The molecule has 14 heavy (non-hydrogen) atoms. The van der Waals surface area contributed by atoms with Gasteiger partial charge >= 0.3 is 5.97 Å². The van der Waals surface area contributed by atoms with Crippen LogP contribution in [0.5, 0.6) is 0 Å². The van der Waals surface area contributed by atoms with Gasteiger partial charge in [0, 0.05) is 6.04 Å². The molecule has 3 nitrogen and oxygen atoms in total. The molecule has 1 atom stereocenters. The summed E-state index contributed by atoms with van der Waals surface area (Å²) in [5.41, 5.74) is 5.89. The second kappa shape index (κ2) is 3.54. The largest absolute Gasteiger partial charge is 0.469 e. The molecule has 0 aromatic carbocycles. The van der Waals surface area contributed by atoms with Crippen LogP contribution in [0, 0.1) is 11.3 Å². The molecule has 2 N–H and O–H groups in total. The summed E-state index contributed by atoms with van der Waals surface area (Å²) in [4.78, 5) is 11.6. The van der Waals surface area contributed by atoms with E-state index in [1.54, 1.807) is 0 Å². The summed E-state index contributed by atoms with van der Waals surface area (Å²) in [7, 11) is 1.46. The lowest BCUT2D eigenvalue weighted by molar-refractivity contribution is -0.148. The van der Waals surface area contributed by atoms with E-state index in [0.717, 1.165) is 12.8 Å². The standard InChI is InChI=1S/C11H19NO2/c1-14-10(13)11(6-7-11)9(12)8-4-2-3-5-8/h8-9H,2-7,12H2,1H3. The van der Waals surface area contributed by atoms with Gasteiger partial charge in [-0.1, -0.05) is 12.8 Å². The van der Waals surface area contributed by atoms with E-state index < -0.39 is 0 Å². The molecule has 0 heterocycles. The third-order valence-corrected chi connectivity index (χ3v) is 3.93. The fourth-order valence-electron chi connectivity index (χ4n) is 2.78. The predicted molar refractivity (Wildman–Crippen MR) is 53.6 cm³/mol. The summed E-state index contributed by atoms with van der Waals surface area (Å²) in [6, 6.07) is 0.0393. The maximum absolute atomic E-state index is 11.6. The number of ether oxygens (including phenoxy) is 1. The number of carbonyl (C=O) groups is 1. The minimum atomic E-state index is -0.302. The average molecular weight is 197 g/mol. The van der Waals surface area contributed by atoms with Crippen molar-refractivity contribution in [3.63, 3.8) is 0 Å². The lowest BCUT2D eigenvalue weighted by Gasteiger charge is -2.26. The zero-order valence-electron chi connectivity index (χ0n) is 8.79. The minimum Gasteiger partial charge on any atom is -0.469 e. The van der Waals surface area contributed by atoms with Gasteiger partial charge in [-0.15, -0.1) is 0 Å². The van der Waals surface area contributed by atoms with Crippen molar-refractivity contribution < 1.29 is 9.53 Å². The molecule has 0 bridgehead atoms. The first kappa shape index (κ1) is 9.97. The minimum absolute atomic E-state index is 0.0393. The molecular formula is C11H19NO2. The third kappa shape index (κ3) is 1.44. The maximum Gasteiger partial charge on any atom is 0.313 e. The Morgan fingerprint density at radius 3 is 2.43 bits per heavy atom. The average Bonchev–Trinajstić information content (AvgIpc) is 2.84. The van der Waals surface area contributed by atoms with Gasteiger partial charge in [0.1, 0.15) is 0 Å². The van der Waals surface area contributed by atoms with Gasteiger partial charge in [0.2, 0.25) is 0 Å². The third-order valence-electron chi connectivity index (χ3n) is 3.93. The topological polar surface area (TPSA) is 52.3 Å². The molecule has 2 fully saturated rings. The number of hydrogen-bond acceptors (Lipinski definition) is 3. The van der Waals surface area contributed by atoms with Gasteiger partial charge in [-0.3, -0.25) is 4.79 Å². The van der Waals surface area contributed by atoms with Crippen LogP contribution in [-0.4, -0.2) is 19.1 Å². The monoisotopic (exact) mass is 197 g/mol. The molecule has 0 saturated heterocycles. The van der Waals surface area contributed by atoms with E-state index in [1.807, 2.05) is 0 Å². The summed E-state index contributed by atoms with van der Waals surface area (Å²) in [6.45, 7) is 0. The molecule has 2 rings (SSSR count). The van der Waals surface area contributed by atoms with Crippen LogP contribution < -0.4 is 5.73 Å². The Balaban J connectivity index is 2.02. The van der Waals surface area contributed by atoms with Gasteiger partial charge in [-0.05, 0) is 31.6 Å². The molecule has 0 amide bonds. The first-order valence-corrected chi connectivity index (χ1v) is 5.55. The van der Waals surface area contributed by atoms with Crippen molar-refractivity contribution in [3.8, 4) is 0 Å². The molecular weight excluding hydrogens is 178 g/mol. The van der Waals surface area contributed by atoms with Crippen LogP contribution in [0.25, 0.3) is 0 Å². The molecule has 0 aliphatic heterocycles. The molecule has 0 aromatic heterocycles. The molecule has 80 valence electrons. The highest BCUT2D eigenvalue weighted by Crippen LogP contribution is 2.52. The molecule has 0 radical (unpaired) electrons. The number of carbonyl (C=O) groups excluding carboxylic acids is 1. The molecule has 2 aliphatic rings. The summed E-state index contributed by atoms with van der Waals surface area (Å²) in [6.07, 6.45) is 6.79. The molecule has 0 aromatic rings. The molecule has 3 heteroatoms. The highest BCUT2D eigenvalue weighted by atomic mass is 16.5. The number of nitrogens with two attached hydrogens (primary N) is 1. The Labute approximate surface area is 85.0 Å². The SMILES string of the molecule is COC(=O)C1(C(N)C2CCCC2)CC1. The van der Waals surface area contributed by atoms with Crippen molar-refractivity contribution in [1.82, 2.24) is 0 Å². The Hall–Kier alpha value is -0.570. The first-order valence-electron chi connectivity index (χ1n) is 5.55. The molecule has 0 spiro atoms. The molecule has 2 saturated carbocycles. The van der Waals surface area contributed by atoms with E-state index in [2.05, 4.69) is 0 Å². The predicted octanol–water partition coefficient (Wildman–Crippen LogP) is 1.46. The fraction of sp³-hybridized carbons (Fsp3) is 0.909. The van der Waals surface area contributed by atoms with E-state index in [0.29, 0.717) is 5.92 Å². The quantitative estimate of drug-likeness (QED) is 0.697. The summed E-state index contributed by atoms with van der Waals surface area (Å²) in [5.74, 6) is 0.466. The summed E-state index contributed by atoms with van der Waals surface area (Å²) >= 11 is 0. The van der Waals surface area contributed by atoms with Crippen LogP contribution >= 0.6 is 0 Å². The number of esters is 1. The van der Waals surface area contributed by atoms with Crippen molar-refractivity contribution >= 4 is 5.97 Å². The summed E-state index contributed by atoms with van der Waals surface area (Å²) < 4.78 is 4.84. The van der Waals surface area contributed by atoms with Gasteiger partial charge in [-0.25, -0.2) is 0 Å². The summed E-state index contributed by atoms with van der Waals surface area (Å²) in [5, 5.41) is 0. The fourth-order valence-corrected chi connectivity index (χ4v) is 2.78. The van der Waals surface area contributed by atoms with E-state index in [-0.39, 0.29) is 17.4 Å². The normalized spacial score (nSPS) is 27.3. The van der Waals surface area contributed by atoms with Crippen molar-refractivity contribution in [3.05, 3.63) is 0 Å². The van der Waals surface area contributed by atoms with E-state index in [1.165, 1.54) is 32.8 Å². The van der Waals surface area contributed by atoms with Crippen LogP contribution in [-0.2, 0) is 9.53 Å². The number of methoxy groups -OCH3 is 1. The van der Waals surface area contributed by atoms with Gasteiger partial charge in [-0.2, -0.15) is 0 Å². The van der Waals surface area contributed by atoms with Crippen molar-refractivity contribution in [2.75, 3.05) is 7.11 Å². The van der Waals surface area contributed by atoms with Crippen molar-refractivity contribution in [2.24, 2.45) is 17.1 Å². The second-order valence-corrected chi connectivity index (χ2v) is 4.72. The molecule has 1 unspecified atom stereocenters. The van der Waals surface area contributed by atoms with E-state index in [4.69, 9.17) is 10.5 Å². The van der Waals surface area contributed by atoms with Crippen molar-refractivity contribution in [2.45, 2.75) is 44.6 Å². The Kier molecular flexibility index (Phi) is 2.52. The van der Waals surface area contributed by atoms with E-state index in [9.17, 15) is 4.79 Å².